The minimum Gasteiger partial charge on any atom is -0.369 e. The van der Waals surface area contributed by atoms with E-state index in [1.165, 1.54) is 11.3 Å². The number of rotatable bonds is 3. The molecule has 156 valence electrons. The summed E-state index contributed by atoms with van der Waals surface area (Å²) in [5.41, 5.74) is 9.98. The fourth-order valence-corrected chi connectivity index (χ4v) is 4.50. The average Bonchev–Trinajstić information content (AvgIpc) is 3.36. The number of likely N-dealkylation sites (N-methyl/N-ethyl adjacent to an activating group) is 1. The molecule has 0 aliphatic carbocycles. The lowest BCUT2D eigenvalue weighted by atomic mass is 10.2. The summed E-state index contributed by atoms with van der Waals surface area (Å²) in [6.45, 7) is 5.21. The van der Waals surface area contributed by atoms with Crippen LogP contribution in [0, 0.1) is 0 Å². The summed E-state index contributed by atoms with van der Waals surface area (Å²) in [7, 11) is 2.19. The molecule has 2 fully saturated rings. The number of aliphatic imine (C=N–C) groups is 1. The van der Waals surface area contributed by atoms with Crippen LogP contribution in [0.4, 0.5) is 5.69 Å². The zero-order chi connectivity index (χ0) is 18.2. The van der Waals surface area contributed by atoms with Gasteiger partial charge >= 0.3 is 0 Å². The maximum atomic E-state index is 4.89. The van der Waals surface area contributed by atoms with Gasteiger partial charge < -0.3 is 20.1 Å². The van der Waals surface area contributed by atoms with Crippen molar-refractivity contribution in [2.24, 2.45) is 4.99 Å². The van der Waals surface area contributed by atoms with Crippen LogP contribution in [0.15, 0.2) is 46.7 Å². The lowest BCUT2D eigenvalue weighted by Crippen LogP contribution is -2.44. The number of thiazole rings is 1. The molecule has 2 N–H and O–H groups in total. The summed E-state index contributed by atoms with van der Waals surface area (Å²) in [6, 6.07) is 8.82. The van der Waals surface area contributed by atoms with E-state index in [9.17, 15) is 0 Å². The van der Waals surface area contributed by atoms with Crippen molar-refractivity contribution in [3.8, 4) is 10.6 Å². The third kappa shape index (κ3) is 4.36. The van der Waals surface area contributed by atoms with Gasteiger partial charge in [0.2, 0.25) is 0 Å². The van der Waals surface area contributed by atoms with Crippen LogP contribution >= 0.6 is 36.2 Å². The van der Waals surface area contributed by atoms with Crippen molar-refractivity contribution < 1.29 is 0 Å². The van der Waals surface area contributed by atoms with Gasteiger partial charge in [-0.15, -0.1) is 36.2 Å². The molecule has 2 aromatic rings. The Morgan fingerprint density at radius 3 is 2.59 bits per heavy atom. The van der Waals surface area contributed by atoms with Crippen molar-refractivity contribution >= 4 is 48.1 Å². The van der Waals surface area contributed by atoms with Crippen LogP contribution in [0.2, 0.25) is 0 Å². The van der Waals surface area contributed by atoms with Crippen molar-refractivity contribution in [2.75, 3.05) is 44.7 Å². The van der Waals surface area contributed by atoms with E-state index in [1.807, 2.05) is 12.4 Å². The Hall–Kier alpha value is -1.84. The van der Waals surface area contributed by atoms with Crippen molar-refractivity contribution in [2.45, 2.75) is 6.17 Å². The first-order valence-electron chi connectivity index (χ1n) is 9.27. The number of nitrogens with one attached hydrogen (secondary N) is 2. The van der Waals surface area contributed by atoms with E-state index in [4.69, 9.17) is 4.98 Å². The highest BCUT2D eigenvalue weighted by atomic mass is 35.5. The molecule has 0 radical (unpaired) electrons. The molecule has 4 heterocycles. The number of hydrazine groups is 1. The van der Waals surface area contributed by atoms with E-state index < -0.39 is 0 Å². The van der Waals surface area contributed by atoms with Crippen LogP contribution in [0.25, 0.3) is 10.6 Å². The van der Waals surface area contributed by atoms with Gasteiger partial charge in [0.05, 0.1) is 18.4 Å². The molecule has 1 aromatic carbocycles. The zero-order valence-corrected chi connectivity index (χ0v) is 18.6. The monoisotopic (exact) mass is 453 g/mol. The Morgan fingerprint density at radius 1 is 1.07 bits per heavy atom. The van der Waals surface area contributed by atoms with Crippen LogP contribution in [-0.4, -0.2) is 60.8 Å². The fraction of sp³-hybridized carbons (Fsp3) is 0.368. The summed E-state index contributed by atoms with van der Waals surface area (Å²) >= 11 is 1.69. The SMILES string of the molecule is CN1CCN(c2ccc(-c3nc(C4NNC5=CN=CCN54)cs3)cc2)CC1.Cl.Cl. The number of hydrogen-bond donors (Lipinski definition) is 2. The molecule has 0 spiro atoms. The summed E-state index contributed by atoms with van der Waals surface area (Å²) in [4.78, 5) is 16.1. The fourth-order valence-electron chi connectivity index (χ4n) is 3.66. The van der Waals surface area contributed by atoms with Crippen LogP contribution in [0.3, 0.4) is 0 Å². The third-order valence-electron chi connectivity index (χ3n) is 5.32. The number of fused-ring (bicyclic) bond motifs is 1. The van der Waals surface area contributed by atoms with Crippen molar-refractivity contribution in [1.82, 2.24) is 25.6 Å². The molecule has 0 saturated carbocycles. The van der Waals surface area contributed by atoms with E-state index in [-0.39, 0.29) is 31.0 Å². The zero-order valence-electron chi connectivity index (χ0n) is 16.1. The first-order valence-corrected chi connectivity index (χ1v) is 10.2. The van der Waals surface area contributed by atoms with Crippen LogP contribution in [0.5, 0.6) is 0 Å². The van der Waals surface area contributed by atoms with Gasteiger partial charge in [0.25, 0.3) is 0 Å². The molecule has 0 bridgehead atoms. The van der Waals surface area contributed by atoms with Gasteiger partial charge in [-0.25, -0.2) is 10.4 Å². The number of nitrogens with zero attached hydrogens (tertiary/aromatic N) is 5. The van der Waals surface area contributed by atoms with Gasteiger partial charge in [-0.1, -0.05) is 0 Å². The van der Waals surface area contributed by atoms with Gasteiger partial charge in [0.1, 0.15) is 17.0 Å². The highest BCUT2D eigenvalue weighted by molar-refractivity contribution is 7.13. The molecule has 0 amide bonds. The van der Waals surface area contributed by atoms with Gasteiger partial charge in [0, 0.05) is 49.0 Å². The van der Waals surface area contributed by atoms with Gasteiger partial charge in [-0.2, -0.15) is 0 Å². The van der Waals surface area contributed by atoms with Gasteiger partial charge in [0.15, 0.2) is 0 Å². The number of aromatic nitrogens is 1. The van der Waals surface area contributed by atoms with E-state index in [0.717, 1.165) is 49.2 Å². The topological polar surface area (TPSA) is 59.0 Å². The molecular formula is C19H25Cl2N7S. The molecule has 1 unspecified atom stereocenters. The van der Waals surface area contributed by atoms with Crippen LogP contribution in [0.1, 0.15) is 11.9 Å². The smallest absolute Gasteiger partial charge is 0.142 e. The lowest BCUT2D eigenvalue weighted by Gasteiger charge is -2.34. The Labute approximate surface area is 187 Å². The number of hydrogen-bond acceptors (Lipinski definition) is 8. The minimum atomic E-state index is 0. The molecule has 7 nitrogen and oxygen atoms in total. The second-order valence-corrected chi connectivity index (χ2v) is 7.94. The van der Waals surface area contributed by atoms with E-state index in [0.29, 0.717) is 0 Å². The number of anilines is 1. The van der Waals surface area contributed by atoms with Crippen LogP contribution in [-0.2, 0) is 0 Å². The minimum absolute atomic E-state index is 0. The van der Waals surface area contributed by atoms with E-state index >= 15 is 0 Å². The molecule has 3 aliphatic heterocycles. The van der Waals surface area contributed by atoms with Gasteiger partial charge in [-0.05, 0) is 31.3 Å². The molecule has 1 atom stereocenters. The summed E-state index contributed by atoms with van der Waals surface area (Å²) in [5, 5.41) is 3.19. The maximum Gasteiger partial charge on any atom is 0.142 e. The largest absolute Gasteiger partial charge is 0.369 e. The number of piperazine rings is 1. The first kappa shape index (κ1) is 21.9. The Bertz CT molecular complexity index is 875. The van der Waals surface area contributed by atoms with Crippen molar-refractivity contribution in [1.29, 1.82) is 0 Å². The molecule has 1 aromatic heterocycles. The molecular weight excluding hydrogens is 429 g/mol. The van der Waals surface area contributed by atoms with Gasteiger partial charge in [-0.3, -0.25) is 4.99 Å². The molecule has 3 aliphatic rings. The standard InChI is InChI=1S/C19H23N7S.2ClH/c1-24-8-10-25(11-9-24)15-4-2-14(3-5-15)19-21-16(13-27-19)18-23-22-17-12-20-6-7-26(17)18;;/h2-6,12-13,18,22-23H,7-11H2,1H3;2*1H. The quantitative estimate of drug-likeness (QED) is 0.744. The first-order chi connectivity index (χ1) is 13.3. The summed E-state index contributed by atoms with van der Waals surface area (Å²) < 4.78 is 0. The lowest BCUT2D eigenvalue weighted by molar-refractivity contribution is 0.308. The number of halogens is 2. The van der Waals surface area contributed by atoms with E-state index in [1.54, 1.807) is 11.3 Å². The third-order valence-corrected chi connectivity index (χ3v) is 6.23. The van der Waals surface area contributed by atoms with E-state index in [2.05, 4.69) is 67.2 Å². The van der Waals surface area contributed by atoms with Crippen molar-refractivity contribution in [3.05, 3.63) is 47.4 Å². The van der Waals surface area contributed by atoms with Crippen LogP contribution < -0.4 is 15.8 Å². The molecule has 2 saturated heterocycles. The maximum absolute atomic E-state index is 4.89. The molecule has 29 heavy (non-hydrogen) atoms. The summed E-state index contributed by atoms with van der Waals surface area (Å²) in [6.07, 6.45) is 3.79. The number of benzene rings is 1. The highest BCUT2D eigenvalue weighted by Crippen LogP contribution is 2.31. The predicted molar refractivity (Wildman–Crippen MR) is 124 cm³/mol. The highest BCUT2D eigenvalue weighted by Gasteiger charge is 2.31. The second-order valence-electron chi connectivity index (χ2n) is 7.08. The van der Waals surface area contributed by atoms with Crippen molar-refractivity contribution in [3.63, 3.8) is 0 Å². The summed E-state index contributed by atoms with van der Waals surface area (Å²) in [5.74, 6) is 0.994. The normalized spacial score (nSPS) is 21.0. The Balaban J connectivity index is 0.00000120. The Morgan fingerprint density at radius 2 is 1.83 bits per heavy atom. The molecule has 10 heteroatoms. The second kappa shape index (κ2) is 9.32. The molecule has 5 rings (SSSR count). The Kier molecular flexibility index (Phi) is 7.02. The average molecular weight is 454 g/mol. The predicted octanol–water partition coefficient (Wildman–Crippen LogP) is 2.70.